The van der Waals surface area contributed by atoms with E-state index in [0.717, 1.165) is 18.4 Å². The van der Waals surface area contributed by atoms with Gasteiger partial charge in [-0.2, -0.15) is 5.10 Å². The Labute approximate surface area is 158 Å². The van der Waals surface area contributed by atoms with Gasteiger partial charge in [-0.15, -0.1) is 0 Å². The average Bonchev–Trinajstić information content (AvgIpc) is 3.34. The molecule has 1 saturated carbocycles. The van der Waals surface area contributed by atoms with Crippen molar-refractivity contribution in [3.05, 3.63) is 53.9 Å². The number of aromatic amines is 1. The molecule has 2 aromatic rings. The highest BCUT2D eigenvalue weighted by molar-refractivity contribution is 5.81. The van der Waals surface area contributed by atoms with Gasteiger partial charge in [-0.1, -0.05) is 30.3 Å². The van der Waals surface area contributed by atoms with Crippen molar-refractivity contribution < 1.29 is 14.7 Å². The van der Waals surface area contributed by atoms with Crippen LogP contribution in [0.5, 0.6) is 0 Å². The predicted molar refractivity (Wildman–Crippen MR) is 100 cm³/mol. The summed E-state index contributed by atoms with van der Waals surface area (Å²) >= 11 is 0. The van der Waals surface area contributed by atoms with Crippen molar-refractivity contribution in [3.8, 4) is 0 Å². The number of aryl methyl sites for hydroxylation is 1. The van der Waals surface area contributed by atoms with Gasteiger partial charge < -0.3 is 10.0 Å². The van der Waals surface area contributed by atoms with E-state index in [4.69, 9.17) is 0 Å². The van der Waals surface area contributed by atoms with Gasteiger partial charge in [0, 0.05) is 25.7 Å². The van der Waals surface area contributed by atoms with Crippen molar-refractivity contribution in [3.63, 3.8) is 0 Å². The van der Waals surface area contributed by atoms with E-state index in [1.54, 1.807) is 17.3 Å². The summed E-state index contributed by atoms with van der Waals surface area (Å²) in [4.78, 5) is 26.6. The van der Waals surface area contributed by atoms with Gasteiger partial charge in [0.05, 0.1) is 11.6 Å². The lowest BCUT2D eigenvalue weighted by Crippen LogP contribution is -2.43. The Hall–Kier alpha value is -2.63. The van der Waals surface area contributed by atoms with E-state index in [1.807, 2.05) is 18.2 Å². The minimum absolute atomic E-state index is 0.0202. The quantitative estimate of drug-likeness (QED) is 0.851. The second kappa shape index (κ2) is 7.18. The monoisotopic (exact) mass is 367 g/mol. The number of carboxylic acid groups (broad SMARTS) is 1. The number of likely N-dealkylation sites (tertiary alicyclic amines) is 1. The third kappa shape index (κ3) is 3.36. The molecule has 6 heteroatoms. The summed E-state index contributed by atoms with van der Waals surface area (Å²) in [6, 6.07) is 10.3. The van der Waals surface area contributed by atoms with E-state index in [1.165, 1.54) is 5.56 Å². The van der Waals surface area contributed by atoms with Gasteiger partial charge in [-0.05, 0) is 48.6 Å². The number of carboxylic acids is 1. The van der Waals surface area contributed by atoms with Gasteiger partial charge in [0.1, 0.15) is 0 Å². The van der Waals surface area contributed by atoms with Crippen molar-refractivity contribution >= 4 is 11.9 Å². The fraction of sp³-hybridized carbons (Fsp3) is 0.476. The van der Waals surface area contributed by atoms with Gasteiger partial charge in [-0.3, -0.25) is 14.7 Å². The van der Waals surface area contributed by atoms with Crippen LogP contribution in [-0.4, -0.2) is 45.2 Å². The van der Waals surface area contributed by atoms with Gasteiger partial charge in [0.2, 0.25) is 5.91 Å². The molecular formula is C21H25N3O3. The van der Waals surface area contributed by atoms with Crippen LogP contribution in [0.4, 0.5) is 0 Å². The highest BCUT2D eigenvalue weighted by atomic mass is 16.4. The molecular weight excluding hydrogens is 342 g/mol. The Morgan fingerprint density at radius 3 is 2.81 bits per heavy atom. The number of carbonyl (C=O) groups excluding carboxylic acids is 1. The molecule has 1 aromatic heterocycles. The van der Waals surface area contributed by atoms with Crippen molar-refractivity contribution in [1.82, 2.24) is 15.1 Å². The number of aliphatic carboxylic acids is 1. The molecule has 1 aromatic carbocycles. The van der Waals surface area contributed by atoms with Gasteiger partial charge >= 0.3 is 5.97 Å². The predicted octanol–water partition coefficient (Wildman–Crippen LogP) is 2.84. The first-order valence-corrected chi connectivity index (χ1v) is 9.62. The molecule has 0 unspecified atom stereocenters. The maximum Gasteiger partial charge on any atom is 0.311 e. The van der Waals surface area contributed by atoms with Crippen LogP contribution >= 0.6 is 0 Å². The normalized spacial score (nSPS) is 27.3. The Kier molecular flexibility index (Phi) is 4.72. The molecule has 27 heavy (non-hydrogen) atoms. The van der Waals surface area contributed by atoms with Crippen LogP contribution in [0.2, 0.25) is 0 Å². The zero-order valence-corrected chi connectivity index (χ0v) is 15.3. The zero-order chi connectivity index (χ0) is 18.9. The summed E-state index contributed by atoms with van der Waals surface area (Å²) in [6.07, 6.45) is 6.87. The van der Waals surface area contributed by atoms with E-state index in [2.05, 4.69) is 22.3 Å². The highest BCUT2D eigenvalue weighted by Crippen LogP contribution is 2.51. The number of nitrogens with zero attached hydrogens (tertiary/aromatic N) is 2. The molecule has 2 fully saturated rings. The van der Waals surface area contributed by atoms with Crippen LogP contribution in [0.25, 0.3) is 0 Å². The van der Waals surface area contributed by atoms with Gasteiger partial charge in [-0.25, -0.2) is 0 Å². The summed E-state index contributed by atoms with van der Waals surface area (Å²) in [5.41, 5.74) is 1.50. The number of nitrogens with one attached hydrogen (secondary N) is 1. The minimum atomic E-state index is -0.781. The molecule has 2 N–H and O–H groups in total. The number of benzene rings is 1. The van der Waals surface area contributed by atoms with Crippen molar-refractivity contribution in [1.29, 1.82) is 0 Å². The van der Waals surface area contributed by atoms with E-state index >= 15 is 0 Å². The SMILES string of the molecule is O=C(CCc1cn[nH]c1)N1C[C@@H]2C[C@@H](c3ccccc3)CC[C@]2(C(=O)O)C1. The Balaban J connectivity index is 1.46. The topological polar surface area (TPSA) is 86.3 Å². The summed E-state index contributed by atoms with van der Waals surface area (Å²) in [5, 5.41) is 16.6. The van der Waals surface area contributed by atoms with Crippen LogP contribution in [0.1, 0.15) is 42.7 Å². The van der Waals surface area contributed by atoms with Crippen molar-refractivity contribution in [2.45, 2.75) is 38.0 Å². The Morgan fingerprint density at radius 1 is 1.30 bits per heavy atom. The first-order valence-electron chi connectivity index (χ1n) is 9.62. The second-order valence-electron chi connectivity index (χ2n) is 7.92. The molecule has 0 radical (unpaired) electrons. The van der Waals surface area contributed by atoms with Crippen molar-refractivity contribution in [2.24, 2.45) is 11.3 Å². The molecule has 2 aliphatic rings. The van der Waals surface area contributed by atoms with Crippen LogP contribution < -0.4 is 0 Å². The fourth-order valence-corrected chi connectivity index (χ4v) is 4.84. The molecule has 3 atom stereocenters. The van der Waals surface area contributed by atoms with Crippen LogP contribution in [-0.2, 0) is 16.0 Å². The Bertz CT molecular complexity index is 805. The maximum atomic E-state index is 12.7. The van der Waals surface area contributed by atoms with Gasteiger partial charge in [0.25, 0.3) is 0 Å². The van der Waals surface area contributed by atoms with E-state index in [9.17, 15) is 14.7 Å². The Morgan fingerprint density at radius 2 is 2.11 bits per heavy atom. The van der Waals surface area contributed by atoms with E-state index < -0.39 is 11.4 Å². The molecule has 1 amide bonds. The third-order valence-electron chi connectivity index (χ3n) is 6.44. The first kappa shape index (κ1) is 17.8. The summed E-state index contributed by atoms with van der Waals surface area (Å²) < 4.78 is 0. The largest absolute Gasteiger partial charge is 0.481 e. The van der Waals surface area contributed by atoms with E-state index in [-0.39, 0.29) is 11.8 Å². The molecule has 0 bridgehead atoms. The molecule has 142 valence electrons. The zero-order valence-electron chi connectivity index (χ0n) is 15.3. The van der Waals surface area contributed by atoms with E-state index in [0.29, 0.717) is 38.3 Å². The number of hydrogen-bond donors (Lipinski definition) is 2. The lowest BCUT2D eigenvalue weighted by atomic mass is 9.64. The van der Waals surface area contributed by atoms with Crippen LogP contribution in [0.3, 0.4) is 0 Å². The number of amides is 1. The smallest absolute Gasteiger partial charge is 0.311 e. The third-order valence-corrected chi connectivity index (χ3v) is 6.44. The summed E-state index contributed by atoms with van der Waals surface area (Å²) in [5.74, 6) is -0.303. The molecule has 6 nitrogen and oxygen atoms in total. The first-order chi connectivity index (χ1) is 13.1. The van der Waals surface area contributed by atoms with Gasteiger partial charge in [0.15, 0.2) is 0 Å². The van der Waals surface area contributed by atoms with Crippen LogP contribution in [0, 0.1) is 11.3 Å². The lowest BCUT2D eigenvalue weighted by Gasteiger charge is -2.38. The minimum Gasteiger partial charge on any atom is -0.481 e. The van der Waals surface area contributed by atoms with Crippen LogP contribution in [0.15, 0.2) is 42.7 Å². The number of carbonyl (C=O) groups is 2. The standard InChI is InChI=1S/C21H25N3O3/c25-19(7-6-15-11-22-23-12-15)24-13-18-10-17(16-4-2-1-3-5-16)8-9-21(18,14-24)20(26)27/h1-5,11-12,17-18H,6-10,13-14H2,(H,22,23)(H,26,27)/t17-,18-,21-/m0/s1. The molecule has 4 rings (SSSR count). The summed E-state index contributed by atoms with van der Waals surface area (Å²) in [6.45, 7) is 0.901. The molecule has 2 heterocycles. The highest BCUT2D eigenvalue weighted by Gasteiger charge is 2.55. The summed E-state index contributed by atoms with van der Waals surface area (Å²) in [7, 11) is 0. The number of H-pyrrole nitrogens is 1. The molecule has 1 saturated heterocycles. The maximum absolute atomic E-state index is 12.7. The average molecular weight is 367 g/mol. The molecule has 1 aliphatic heterocycles. The number of fused-ring (bicyclic) bond motifs is 1. The van der Waals surface area contributed by atoms with Crippen molar-refractivity contribution in [2.75, 3.05) is 13.1 Å². The molecule has 0 spiro atoms. The number of hydrogen-bond acceptors (Lipinski definition) is 3. The molecule has 1 aliphatic carbocycles. The number of aromatic nitrogens is 2. The second-order valence-corrected chi connectivity index (χ2v) is 7.92. The number of rotatable bonds is 5. The lowest BCUT2D eigenvalue weighted by molar-refractivity contribution is -0.152. The fourth-order valence-electron chi connectivity index (χ4n) is 4.84.